The van der Waals surface area contributed by atoms with E-state index in [1.807, 2.05) is 110 Å². The zero-order chi connectivity index (χ0) is 39.6. The Kier molecular flexibility index (Phi) is 9.00. The van der Waals surface area contributed by atoms with E-state index in [-0.39, 0.29) is 36.2 Å². The number of methoxy groups -OCH3 is 1. The summed E-state index contributed by atoms with van der Waals surface area (Å²) in [5, 5.41) is 15.4. The van der Waals surface area contributed by atoms with E-state index in [1.165, 1.54) is 12.0 Å². The Balaban J connectivity index is 1.17. The molecule has 286 valence electrons. The molecule has 2 aliphatic carbocycles. The Morgan fingerprint density at radius 1 is 0.772 bits per heavy atom. The Morgan fingerprint density at radius 3 is 2.11 bits per heavy atom. The first-order valence-corrected chi connectivity index (χ1v) is 19.7. The van der Waals surface area contributed by atoms with Crippen LogP contribution >= 0.6 is 15.9 Å². The molecule has 5 aromatic rings. The summed E-state index contributed by atoms with van der Waals surface area (Å²) in [4.78, 5) is 60.7. The summed E-state index contributed by atoms with van der Waals surface area (Å²) in [7, 11) is 1.45. The molecule has 2 heterocycles. The van der Waals surface area contributed by atoms with Gasteiger partial charge >= 0.3 is 0 Å². The minimum Gasteiger partial charge on any atom is -0.503 e. The van der Waals surface area contributed by atoms with Crippen molar-refractivity contribution in [3.8, 4) is 11.5 Å². The number of aryl methyl sites for hydroxylation is 1. The van der Waals surface area contributed by atoms with Gasteiger partial charge in [0.1, 0.15) is 0 Å². The zero-order valence-electron chi connectivity index (χ0n) is 31.2. The van der Waals surface area contributed by atoms with Crippen molar-refractivity contribution in [2.24, 2.45) is 23.7 Å². The first-order chi connectivity index (χ1) is 27.6. The van der Waals surface area contributed by atoms with Crippen LogP contribution in [0.1, 0.15) is 35.4 Å². The van der Waals surface area contributed by atoms with E-state index >= 15 is 4.79 Å². The second-order valence-corrected chi connectivity index (χ2v) is 16.0. The van der Waals surface area contributed by atoms with E-state index in [0.717, 1.165) is 27.5 Å². The van der Waals surface area contributed by atoms with Crippen molar-refractivity contribution in [3.05, 3.63) is 154 Å². The van der Waals surface area contributed by atoms with Gasteiger partial charge in [-0.05, 0) is 113 Å². The van der Waals surface area contributed by atoms with E-state index < -0.39 is 46.8 Å². The first-order valence-electron chi connectivity index (χ1n) is 18.9. The van der Waals surface area contributed by atoms with Gasteiger partial charge in [-0.2, -0.15) is 5.01 Å². The number of aromatic hydroxyl groups is 1. The number of hydrazine groups is 1. The number of anilines is 4. The van der Waals surface area contributed by atoms with Crippen molar-refractivity contribution in [2.45, 2.75) is 31.1 Å². The van der Waals surface area contributed by atoms with Crippen LogP contribution in [0.2, 0.25) is 0 Å². The van der Waals surface area contributed by atoms with Gasteiger partial charge in [0.2, 0.25) is 11.8 Å². The third-order valence-corrected chi connectivity index (χ3v) is 12.8. The van der Waals surface area contributed by atoms with Crippen molar-refractivity contribution in [2.75, 3.05) is 22.8 Å². The minimum absolute atomic E-state index is 0.106. The number of nitrogens with zero attached hydrogens (tertiary/aromatic N) is 2. The normalized spacial score (nSPS) is 25.1. The van der Waals surface area contributed by atoms with Crippen LogP contribution in [0.25, 0.3) is 0 Å². The molecule has 9 rings (SSSR count). The fourth-order valence-corrected chi connectivity index (χ4v) is 10.1. The van der Waals surface area contributed by atoms with E-state index in [4.69, 9.17) is 4.74 Å². The van der Waals surface area contributed by atoms with Crippen LogP contribution in [0, 0.1) is 30.6 Å². The summed E-state index contributed by atoms with van der Waals surface area (Å²) in [6.07, 6.45) is 2.46. The highest BCUT2D eigenvalue weighted by atomic mass is 79.9. The fraction of sp³-hybridized carbons (Fsp3) is 0.217. The maximum Gasteiger partial charge on any atom is 0.260 e. The van der Waals surface area contributed by atoms with Crippen LogP contribution in [0.4, 0.5) is 22.7 Å². The number of carbonyl (C=O) groups is 4. The third kappa shape index (κ3) is 5.74. The average Bonchev–Trinajstić information content (AvgIpc) is 3.61. The monoisotopic (exact) mass is 822 g/mol. The molecule has 3 fully saturated rings. The largest absolute Gasteiger partial charge is 0.503 e. The fourth-order valence-electron chi connectivity index (χ4n) is 9.67. The SMILES string of the molecule is COc1cc([C@H]2C3=CC[C@@H]4C(=O)N(c5ccc(Nc6ccccc6)cc5)C(=O)[C@@H]4[C@@H]3C[C@H]3C(=O)N(Nc4ccc(C)cc4)C(=O)[C@@]23c2ccccc2)cc(Br)c1O. The lowest BCUT2D eigenvalue weighted by molar-refractivity contribution is -0.138. The topological polar surface area (TPSA) is 128 Å². The number of benzene rings is 5. The molecule has 1 saturated carbocycles. The van der Waals surface area contributed by atoms with Gasteiger partial charge in [0, 0.05) is 17.3 Å². The second-order valence-electron chi connectivity index (χ2n) is 15.2. The van der Waals surface area contributed by atoms with Gasteiger partial charge in [0.15, 0.2) is 11.5 Å². The van der Waals surface area contributed by atoms with Crippen molar-refractivity contribution < 1.29 is 29.0 Å². The van der Waals surface area contributed by atoms with Gasteiger partial charge in [0.05, 0.1) is 46.1 Å². The molecular weight excluding hydrogens is 784 g/mol. The van der Waals surface area contributed by atoms with Gasteiger partial charge in [-0.3, -0.25) is 29.5 Å². The first kappa shape index (κ1) is 36.4. The Labute approximate surface area is 338 Å². The van der Waals surface area contributed by atoms with E-state index in [9.17, 15) is 19.5 Å². The molecule has 6 atom stereocenters. The molecule has 11 heteroatoms. The summed E-state index contributed by atoms with van der Waals surface area (Å²) in [5.74, 6) is -5.05. The predicted molar refractivity (Wildman–Crippen MR) is 220 cm³/mol. The maximum atomic E-state index is 15.4. The van der Waals surface area contributed by atoms with E-state index in [1.54, 1.807) is 24.3 Å². The molecule has 0 spiro atoms. The maximum absolute atomic E-state index is 15.4. The number of phenolic OH excluding ortho intramolecular Hbond substituents is 1. The van der Waals surface area contributed by atoms with Crippen molar-refractivity contribution >= 4 is 62.3 Å². The number of halogens is 1. The van der Waals surface area contributed by atoms with Crippen LogP contribution in [-0.2, 0) is 24.6 Å². The highest BCUT2D eigenvalue weighted by Crippen LogP contribution is 2.64. The Bertz CT molecular complexity index is 2460. The molecule has 2 saturated heterocycles. The molecule has 5 aromatic carbocycles. The van der Waals surface area contributed by atoms with Crippen molar-refractivity contribution in [3.63, 3.8) is 0 Å². The number of hydrogen-bond donors (Lipinski definition) is 3. The van der Waals surface area contributed by atoms with Gasteiger partial charge < -0.3 is 15.2 Å². The lowest BCUT2D eigenvalue weighted by atomic mass is 9.49. The molecule has 2 aliphatic heterocycles. The number of imide groups is 2. The molecule has 0 bridgehead atoms. The zero-order valence-corrected chi connectivity index (χ0v) is 32.8. The minimum atomic E-state index is -1.46. The van der Waals surface area contributed by atoms with E-state index in [0.29, 0.717) is 27.0 Å². The Morgan fingerprint density at radius 2 is 1.42 bits per heavy atom. The number of hydrogen-bond acceptors (Lipinski definition) is 8. The number of phenols is 1. The summed E-state index contributed by atoms with van der Waals surface area (Å²) in [6.45, 7) is 1.96. The highest BCUT2D eigenvalue weighted by Gasteiger charge is 2.70. The van der Waals surface area contributed by atoms with Crippen LogP contribution in [0.3, 0.4) is 0 Å². The number of nitrogens with one attached hydrogen (secondary N) is 2. The number of amides is 4. The van der Waals surface area contributed by atoms with Crippen LogP contribution in [-0.4, -0.2) is 40.9 Å². The number of para-hydroxylation sites is 1. The van der Waals surface area contributed by atoms with Crippen LogP contribution < -0.4 is 20.4 Å². The summed E-state index contributed by atoms with van der Waals surface area (Å²) >= 11 is 3.51. The van der Waals surface area contributed by atoms with Crippen molar-refractivity contribution in [1.82, 2.24) is 5.01 Å². The summed E-state index contributed by atoms with van der Waals surface area (Å²) in [5.41, 5.74) is 7.53. The number of rotatable bonds is 8. The number of allylic oxidation sites excluding steroid dienone is 2. The Hall–Kier alpha value is -6.20. The van der Waals surface area contributed by atoms with Crippen LogP contribution in [0.5, 0.6) is 11.5 Å². The number of fused-ring (bicyclic) bond motifs is 4. The smallest absolute Gasteiger partial charge is 0.260 e. The molecule has 0 radical (unpaired) electrons. The van der Waals surface area contributed by atoms with Gasteiger partial charge in [0.25, 0.3) is 11.8 Å². The molecule has 4 amide bonds. The number of ether oxygens (including phenoxy) is 1. The van der Waals surface area contributed by atoms with Gasteiger partial charge in [-0.1, -0.05) is 77.9 Å². The van der Waals surface area contributed by atoms with E-state index in [2.05, 4.69) is 26.7 Å². The molecule has 57 heavy (non-hydrogen) atoms. The lowest BCUT2D eigenvalue weighted by Gasteiger charge is -2.50. The van der Waals surface area contributed by atoms with Gasteiger partial charge in [-0.15, -0.1) is 0 Å². The predicted octanol–water partition coefficient (Wildman–Crippen LogP) is 8.40. The molecule has 0 unspecified atom stereocenters. The highest BCUT2D eigenvalue weighted by molar-refractivity contribution is 9.10. The lowest BCUT2D eigenvalue weighted by Crippen LogP contribution is -2.53. The summed E-state index contributed by atoms with van der Waals surface area (Å²) in [6, 6.07) is 37.2. The van der Waals surface area contributed by atoms with Crippen LogP contribution in [0.15, 0.2) is 137 Å². The third-order valence-electron chi connectivity index (χ3n) is 12.2. The molecule has 3 N–H and O–H groups in total. The van der Waals surface area contributed by atoms with Gasteiger partial charge in [-0.25, -0.2) is 0 Å². The second kappa shape index (κ2) is 14.1. The molecule has 10 nitrogen and oxygen atoms in total. The number of carbonyl (C=O) groups excluding carboxylic acids is 4. The molecule has 0 aromatic heterocycles. The average molecular weight is 824 g/mol. The quantitative estimate of drug-likeness (QED) is 0.105. The summed E-state index contributed by atoms with van der Waals surface area (Å²) < 4.78 is 5.97. The standard InChI is InChI=1S/C46H39BrN4O6/c1-26-13-15-31(16-14-26)49-51-43(54)36-25-35-33(40(27-23-37(47)41(52)38(24-27)57-2)46(36,45(51)56)28-9-5-3-6-10-28)21-22-34-39(35)44(55)50(42(34)53)32-19-17-30(18-20-32)48-29-11-7-4-8-12-29/h3-21,23-24,34-36,39-40,48-49,52H,22,25H2,1-2H3/t34-,35+,36-,39-,40-,46+/m0/s1. The van der Waals surface area contributed by atoms with Crippen molar-refractivity contribution in [1.29, 1.82) is 0 Å². The molecular formula is C46H39BrN4O6. The molecule has 4 aliphatic rings.